The monoisotopic (exact) mass is 331 g/mol. The quantitative estimate of drug-likeness (QED) is 0.778. The van der Waals surface area contributed by atoms with Gasteiger partial charge in [0.05, 0.1) is 6.42 Å². The van der Waals surface area contributed by atoms with E-state index < -0.39 is 11.6 Å². The Hall–Kier alpha value is -0.970. The number of benzene rings is 1. The van der Waals surface area contributed by atoms with E-state index in [2.05, 4.69) is 15.9 Å². The summed E-state index contributed by atoms with van der Waals surface area (Å²) in [6, 6.07) is 4.12. The predicted molar refractivity (Wildman–Crippen MR) is 73.2 cm³/mol. The fraction of sp³-hybridized carbons (Fsp3) is 0.500. The summed E-state index contributed by atoms with van der Waals surface area (Å²) >= 11 is 3.40. The molecule has 19 heavy (non-hydrogen) atoms. The standard InChI is InChI=1S/C14H16BrF2NO/c15-9-11-5-1-2-7-18(11)13(19)8-10-4-3-6-12(16)14(10)17/h3-4,6,11H,1-2,5,7-9H2. The van der Waals surface area contributed by atoms with Gasteiger partial charge < -0.3 is 4.90 Å². The van der Waals surface area contributed by atoms with Crippen LogP contribution in [-0.2, 0) is 11.2 Å². The van der Waals surface area contributed by atoms with Crippen LogP contribution in [0.4, 0.5) is 8.78 Å². The number of nitrogens with zero attached hydrogens (tertiary/aromatic N) is 1. The van der Waals surface area contributed by atoms with Gasteiger partial charge in [0.1, 0.15) is 0 Å². The van der Waals surface area contributed by atoms with E-state index in [1.165, 1.54) is 12.1 Å². The third-order valence-corrected chi connectivity index (χ3v) is 4.25. The minimum absolute atomic E-state index is 0.0763. The van der Waals surface area contributed by atoms with Crippen molar-refractivity contribution in [3.8, 4) is 0 Å². The summed E-state index contributed by atoms with van der Waals surface area (Å²) in [6.45, 7) is 0.700. The predicted octanol–water partition coefficient (Wildman–Crippen LogP) is 3.28. The Labute approximate surface area is 119 Å². The first-order valence-electron chi connectivity index (χ1n) is 6.42. The fourth-order valence-corrected chi connectivity index (χ4v) is 3.11. The molecule has 1 aliphatic rings. The van der Waals surface area contributed by atoms with Crippen molar-refractivity contribution >= 4 is 21.8 Å². The Morgan fingerprint density at radius 1 is 1.37 bits per heavy atom. The number of hydrogen-bond donors (Lipinski definition) is 0. The van der Waals surface area contributed by atoms with Gasteiger partial charge in [0, 0.05) is 23.5 Å². The van der Waals surface area contributed by atoms with Crippen LogP contribution < -0.4 is 0 Å². The molecule has 1 aromatic rings. The molecule has 1 amide bonds. The molecule has 2 rings (SSSR count). The second-order valence-electron chi connectivity index (χ2n) is 4.78. The fourth-order valence-electron chi connectivity index (χ4n) is 2.44. The van der Waals surface area contributed by atoms with Crippen molar-refractivity contribution in [3.63, 3.8) is 0 Å². The highest BCUT2D eigenvalue weighted by Gasteiger charge is 2.26. The number of carbonyl (C=O) groups is 1. The second-order valence-corrected chi connectivity index (χ2v) is 5.43. The van der Waals surface area contributed by atoms with Crippen LogP contribution in [0.3, 0.4) is 0 Å². The van der Waals surface area contributed by atoms with Gasteiger partial charge in [-0.15, -0.1) is 0 Å². The smallest absolute Gasteiger partial charge is 0.227 e. The van der Waals surface area contributed by atoms with E-state index in [4.69, 9.17) is 0 Å². The number of alkyl halides is 1. The van der Waals surface area contributed by atoms with E-state index >= 15 is 0 Å². The lowest BCUT2D eigenvalue weighted by atomic mass is 10.0. The Kier molecular flexibility index (Phi) is 4.91. The number of rotatable bonds is 3. The molecule has 2 nitrogen and oxygen atoms in total. The third-order valence-electron chi connectivity index (χ3n) is 3.50. The molecule has 0 aliphatic carbocycles. The molecule has 1 aromatic carbocycles. The Bertz CT molecular complexity index is 467. The van der Waals surface area contributed by atoms with Crippen LogP contribution in [-0.4, -0.2) is 28.7 Å². The molecule has 1 aliphatic heterocycles. The summed E-state index contributed by atoms with van der Waals surface area (Å²) in [5, 5.41) is 0.727. The minimum atomic E-state index is -0.914. The first-order valence-corrected chi connectivity index (χ1v) is 7.54. The van der Waals surface area contributed by atoms with Crippen molar-refractivity contribution in [2.75, 3.05) is 11.9 Å². The summed E-state index contributed by atoms with van der Waals surface area (Å²) in [6.07, 6.45) is 2.96. The molecule has 1 saturated heterocycles. The van der Waals surface area contributed by atoms with Crippen molar-refractivity contribution in [2.24, 2.45) is 0 Å². The summed E-state index contributed by atoms with van der Waals surface area (Å²) in [5.74, 6) is -1.95. The zero-order chi connectivity index (χ0) is 13.8. The Balaban J connectivity index is 2.09. The molecular weight excluding hydrogens is 316 g/mol. The molecule has 1 heterocycles. The first kappa shape index (κ1) is 14.4. The van der Waals surface area contributed by atoms with Gasteiger partial charge in [-0.05, 0) is 25.3 Å². The lowest BCUT2D eigenvalue weighted by molar-refractivity contribution is -0.133. The molecule has 5 heteroatoms. The topological polar surface area (TPSA) is 20.3 Å². The highest BCUT2D eigenvalue weighted by atomic mass is 79.9. The maximum absolute atomic E-state index is 13.6. The van der Waals surface area contributed by atoms with Crippen molar-refractivity contribution < 1.29 is 13.6 Å². The average molecular weight is 332 g/mol. The molecule has 1 unspecified atom stereocenters. The number of carbonyl (C=O) groups excluding carboxylic acids is 1. The Morgan fingerprint density at radius 3 is 2.89 bits per heavy atom. The number of amides is 1. The number of likely N-dealkylation sites (tertiary alicyclic amines) is 1. The highest BCUT2D eigenvalue weighted by molar-refractivity contribution is 9.09. The van der Waals surface area contributed by atoms with Crippen LogP contribution in [0.15, 0.2) is 18.2 Å². The zero-order valence-corrected chi connectivity index (χ0v) is 12.1. The molecule has 0 bridgehead atoms. The van der Waals surface area contributed by atoms with Gasteiger partial charge in [0.15, 0.2) is 11.6 Å². The van der Waals surface area contributed by atoms with Crippen LogP contribution in [0, 0.1) is 11.6 Å². The average Bonchev–Trinajstić information content (AvgIpc) is 2.43. The molecule has 0 spiro atoms. The van der Waals surface area contributed by atoms with E-state index in [9.17, 15) is 13.6 Å². The van der Waals surface area contributed by atoms with Gasteiger partial charge >= 0.3 is 0 Å². The van der Waals surface area contributed by atoms with Gasteiger partial charge in [-0.1, -0.05) is 28.1 Å². The van der Waals surface area contributed by atoms with E-state index in [0.717, 1.165) is 30.7 Å². The zero-order valence-electron chi connectivity index (χ0n) is 10.5. The molecular formula is C14H16BrF2NO. The van der Waals surface area contributed by atoms with Gasteiger partial charge in [-0.2, -0.15) is 0 Å². The normalized spacial score (nSPS) is 19.5. The lowest BCUT2D eigenvalue weighted by Gasteiger charge is -2.34. The van der Waals surface area contributed by atoms with Crippen LogP contribution >= 0.6 is 15.9 Å². The molecule has 104 valence electrons. The van der Waals surface area contributed by atoms with Gasteiger partial charge in [-0.25, -0.2) is 8.78 Å². The van der Waals surface area contributed by atoms with Crippen molar-refractivity contribution in [2.45, 2.75) is 31.7 Å². The van der Waals surface area contributed by atoms with Crippen LogP contribution in [0.5, 0.6) is 0 Å². The number of hydrogen-bond acceptors (Lipinski definition) is 1. The molecule has 0 N–H and O–H groups in total. The Morgan fingerprint density at radius 2 is 2.16 bits per heavy atom. The number of piperidine rings is 1. The third kappa shape index (κ3) is 3.32. The molecule has 0 aromatic heterocycles. The van der Waals surface area contributed by atoms with E-state index in [1.807, 2.05) is 0 Å². The van der Waals surface area contributed by atoms with Crippen LogP contribution in [0.1, 0.15) is 24.8 Å². The van der Waals surface area contributed by atoms with Crippen LogP contribution in [0.25, 0.3) is 0 Å². The summed E-state index contributed by atoms with van der Waals surface area (Å²) in [7, 11) is 0. The molecule has 1 fully saturated rings. The summed E-state index contributed by atoms with van der Waals surface area (Å²) < 4.78 is 26.7. The highest BCUT2D eigenvalue weighted by Crippen LogP contribution is 2.21. The van der Waals surface area contributed by atoms with Gasteiger partial charge in [0.2, 0.25) is 5.91 Å². The molecule has 0 radical (unpaired) electrons. The SMILES string of the molecule is O=C(Cc1cccc(F)c1F)N1CCCCC1CBr. The van der Waals surface area contributed by atoms with E-state index in [-0.39, 0.29) is 23.9 Å². The van der Waals surface area contributed by atoms with Gasteiger partial charge in [-0.3, -0.25) is 4.79 Å². The lowest BCUT2D eigenvalue weighted by Crippen LogP contribution is -2.45. The van der Waals surface area contributed by atoms with Crippen molar-refractivity contribution in [1.82, 2.24) is 4.90 Å². The molecule has 1 atom stereocenters. The van der Waals surface area contributed by atoms with Crippen molar-refractivity contribution in [3.05, 3.63) is 35.4 Å². The van der Waals surface area contributed by atoms with Gasteiger partial charge in [0.25, 0.3) is 0 Å². The molecule has 0 saturated carbocycles. The second kappa shape index (κ2) is 6.46. The summed E-state index contributed by atoms with van der Waals surface area (Å²) in [4.78, 5) is 14.0. The van der Waals surface area contributed by atoms with Crippen molar-refractivity contribution in [1.29, 1.82) is 0 Å². The number of halogens is 3. The maximum Gasteiger partial charge on any atom is 0.227 e. The van der Waals surface area contributed by atoms with Crippen LogP contribution in [0.2, 0.25) is 0 Å². The summed E-state index contributed by atoms with van der Waals surface area (Å²) in [5.41, 5.74) is 0.129. The largest absolute Gasteiger partial charge is 0.339 e. The van der Waals surface area contributed by atoms with E-state index in [1.54, 1.807) is 4.90 Å². The van der Waals surface area contributed by atoms with E-state index in [0.29, 0.717) is 6.54 Å². The minimum Gasteiger partial charge on any atom is -0.339 e. The maximum atomic E-state index is 13.6. The first-order chi connectivity index (χ1) is 9.13.